The first-order valence-electron chi connectivity index (χ1n) is 8.26. The van der Waals surface area contributed by atoms with E-state index in [0.717, 1.165) is 6.07 Å². The Morgan fingerprint density at radius 2 is 1.77 bits per heavy atom. The number of sulfone groups is 1. The van der Waals surface area contributed by atoms with E-state index in [2.05, 4.69) is 10.3 Å². The summed E-state index contributed by atoms with van der Waals surface area (Å²) >= 11 is 12.0. The van der Waals surface area contributed by atoms with Crippen molar-refractivity contribution in [3.05, 3.63) is 64.5 Å². The normalized spacial score (nSPS) is 11.3. The molecule has 0 amide bonds. The van der Waals surface area contributed by atoms with Gasteiger partial charge < -0.3 is 15.5 Å². The summed E-state index contributed by atoms with van der Waals surface area (Å²) in [6.45, 7) is -0.676. The molecule has 2 aromatic carbocycles. The molecule has 11 heteroatoms. The fraction of sp³-hybridized carbons (Fsp3) is 0.0526. The molecule has 0 aliphatic heterocycles. The highest BCUT2D eigenvalue weighted by Gasteiger charge is 2.30. The van der Waals surface area contributed by atoms with Gasteiger partial charge in [-0.3, -0.25) is 4.79 Å². The molecule has 0 aliphatic rings. The number of nitrogens with one attached hydrogen (secondary N) is 1. The first-order chi connectivity index (χ1) is 14.1. The highest BCUT2D eigenvalue weighted by Crippen LogP contribution is 2.40. The van der Waals surface area contributed by atoms with Crippen molar-refractivity contribution in [1.29, 1.82) is 0 Å². The topological polar surface area (TPSA) is 117 Å². The molecule has 1 aromatic heterocycles. The number of pyridine rings is 1. The summed E-state index contributed by atoms with van der Waals surface area (Å²) in [6, 6.07) is 12.0. The zero-order valence-corrected chi connectivity index (χ0v) is 17.3. The second kappa shape index (κ2) is 8.47. The van der Waals surface area contributed by atoms with Crippen molar-refractivity contribution in [3.63, 3.8) is 0 Å². The lowest BCUT2D eigenvalue weighted by atomic mass is 10.1. The average Bonchev–Trinajstić information content (AvgIpc) is 2.70. The number of benzene rings is 2. The number of aromatic nitrogens is 1. The van der Waals surface area contributed by atoms with Crippen LogP contribution in [0.15, 0.2) is 58.3 Å². The van der Waals surface area contributed by atoms with E-state index in [9.17, 15) is 22.7 Å². The predicted octanol–water partition coefficient (Wildman–Crippen LogP) is 4.23. The third-order valence-electron chi connectivity index (χ3n) is 4.04. The van der Waals surface area contributed by atoms with Crippen LogP contribution in [-0.2, 0) is 14.6 Å². The number of halogens is 3. The molecule has 0 fully saturated rings. The smallest absolute Gasteiger partial charge is 0.322 e. The molecule has 3 rings (SSSR count). The van der Waals surface area contributed by atoms with Gasteiger partial charge in [0.1, 0.15) is 33.1 Å². The van der Waals surface area contributed by atoms with Gasteiger partial charge in [0.25, 0.3) is 0 Å². The number of aromatic hydroxyl groups is 1. The highest BCUT2D eigenvalue weighted by molar-refractivity contribution is 7.91. The van der Waals surface area contributed by atoms with E-state index in [1.54, 1.807) is 30.3 Å². The van der Waals surface area contributed by atoms with Gasteiger partial charge in [0.05, 0.1) is 4.90 Å². The van der Waals surface area contributed by atoms with Gasteiger partial charge in [-0.05, 0) is 23.8 Å². The van der Waals surface area contributed by atoms with Crippen molar-refractivity contribution in [1.82, 2.24) is 4.98 Å². The third kappa shape index (κ3) is 4.18. The second-order valence-corrected chi connectivity index (χ2v) is 8.65. The van der Waals surface area contributed by atoms with Crippen molar-refractivity contribution < 1.29 is 27.8 Å². The monoisotopic (exact) mass is 470 g/mol. The quantitative estimate of drug-likeness (QED) is 0.461. The molecular formula is C19H13Cl2FN2O5S. The molecule has 3 aromatic rings. The number of phenols is 1. The van der Waals surface area contributed by atoms with E-state index in [0.29, 0.717) is 5.56 Å². The van der Waals surface area contributed by atoms with Crippen molar-refractivity contribution in [2.24, 2.45) is 0 Å². The lowest BCUT2D eigenvalue weighted by Gasteiger charge is -2.14. The number of nitrogens with zero attached hydrogens (tertiary/aromatic N) is 1. The van der Waals surface area contributed by atoms with Crippen molar-refractivity contribution >= 4 is 44.8 Å². The van der Waals surface area contributed by atoms with Crippen LogP contribution in [0.25, 0.3) is 11.1 Å². The molecule has 30 heavy (non-hydrogen) atoms. The summed E-state index contributed by atoms with van der Waals surface area (Å²) in [5.41, 5.74) is 0.775. The predicted molar refractivity (Wildman–Crippen MR) is 109 cm³/mol. The standard InChI is InChI=1S/C19H13Cl2FN2O5S/c20-15-17(16(21)19(24-18(15)22)23-9-14(26)27)30(28,29)11-6-7-13(25)12(8-11)10-4-2-1-3-5-10/h1-8,25H,9H2,(H,23,24)(H,26,27). The fourth-order valence-corrected chi connectivity index (χ4v) is 5.06. The first-order valence-corrected chi connectivity index (χ1v) is 10.5. The van der Waals surface area contributed by atoms with Gasteiger partial charge in [-0.1, -0.05) is 53.5 Å². The van der Waals surface area contributed by atoms with E-state index < -0.39 is 49.1 Å². The van der Waals surface area contributed by atoms with Crippen LogP contribution in [0.2, 0.25) is 10.0 Å². The lowest BCUT2D eigenvalue weighted by Crippen LogP contribution is -2.16. The molecule has 1 heterocycles. The average molecular weight is 471 g/mol. The number of hydrogen-bond acceptors (Lipinski definition) is 6. The van der Waals surface area contributed by atoms with E-state index >= 15 is 0 Å². The molecular weight excluding hydrogens is 458 g/mol. The maximum atomic E-state index is 14.2. The molecule has 0 atom stereocenters. The molecule has 0 unspecified atom stereocenters. The number of carbonyl (C=O) groups is 1. The fourth-order valence-electron chi connectivity index (χ4n) is 2.66. The maximum Gasteiger partial charge on any atom is 0.322 e. The Bertz CT molecular complexity index is 1240. The maximum absolute atomic E-state index is 14.2. The Labute approximate surface area is 180 Å². The molecule has 0 saturated heterocycles. The SMILES string of the molecule is O=C(O)CNc1nc(F)c(Cl)c(S(=O)(=O)c2ccc(O)c(-c3ccccc3)c2)c1Cl. The largest absolute Gasteiger partial charge is 0.507 e. The number of aliphatic carboxylic acids is 1. The van der Waals surface area contributed by atoms with E-state index in [4.69, 9.17) is 28.3 Å². The number of carboxylic acids is 1. The number of anilines is 1. The van der Waals surface area contributed by atoms with E-state index in [1.165, 1.54) is 12.1 Å². The van der Waals surface area contributed by atoms with Gasteiger partial charge in [-0.15, -0.1) is 0 Å². The minimum atomic E-state index is -4.47. The van der Waals surface area contributed by atoms with Crippen LogP contribution in [0.1, 0.15) is 0 Å². The molecule has 0 saturated carbocycles. The third-order valence-corrected chi connectivity index (χ3v) is 6.79. The molecule has 0 bridgehead atoms. The Morgan fingerprint density at radius 1 is 1.10 bits per heavy atom. The second-order valence-electron chi connectivity index (χ2n) is 6.00. The minimum absolute atomic E-state index is 0.165. The van der Waals surface area contributed by atoms with Gasteiger partial charge in [0.2, 0.25) is 15.8 Å². The molecule has 0 aliphatic carbocycles. The Kier molecular flexibility index (Phi) is 6.16. The number of hydrogen-bond donors (Lipinski definition) is 3. The Balaban J connectivity index is 2.18. The van der Waals surface area contributed by atoms with Crippen molar-refractivity contribution in [2.45, 2.75) is 9.79 Å². The van der Waals surface area contributed by atoms with Crippen LogP contribution in [0, 0.1) is 5.95 Å². The highest BCUT2D eigenvalue weighted by atomic mass is 35.5. The summed E-state index contributed by atoms with van der Waals surface area (Å²) in [5, 5.41) is 19.8. The number of rotatable bonds is 6. The van der Waals surface area contributed by atoms with E-state index in [-0.39, 0.29) is 16.2 Å². The molecule has 0 spiro atoms. The summed E-state index contributed by atoms with van der Waals surface area (Å²) in [4.78, 5) is 13.1. The van der Waals surface area contributed by atoms with Crippen LogP contribution in [0.4, 0.5) is 10.2 Å². The van der Waals surface area contributed by atoms with Gasteiger partial charge in [-0.25, -0.2) is 8.42 Å². The Morgan fingerprint density at radius 3 is 2.40 bits per heavy atom. The summed E-state index contributed by atoms with van der Waals surface area (Å²) in [6.07, 6.45) is 0. The summed E-state index contributed by atoms with van der Waals surface area (Å²) in [7, 11) is -4.47. The van der Waals surface area contributed by atoms with Crippen molar-refractivity contribution in [2.75, 3.05) is 11.9 Å². The van der Waals surface area contributed by atoms with Crippen LogP contribution < -0.4 is 5.32 Å². The minimum Gasteiger partial charge on any atom is -0.507 e. The van der Waals surface area contributed by atoms with Crippen LogP contribution in [0.5, 0.6) is 5.75 Å². The van der Waals surface area contributed by atoms with Crippen LogP contribution in [0.3, 0.4) is 0 Å². The molecule has 7 nitrogen and oxygen atoms in total. The first kappa shape index (κ1) is 21.8. The van der Waals surface area contributed by atoms with Gasteiger partial charge in [-0.2, -0.15) is 9.37 Å². The molecule has 156 valence electrons. The zero-order valence-electron chi connectivity index (χ0n) is 14.9. The molecule has 0 radical (unpaired) electrons. The van der Waals surface area contributed by atoms with Gasteiger partial charge >= 0.3 is 5.97 Å². The van der Waals surface area contributed by atoms with Crippen LogP contribution >= 0.6 is 23.2 Å². The van der Waals surface area contributed by atoms with Crippen molar-refractivity contribution in [3.8, 4) is 16.9 Å². The van der Waals surface area contributed by atoms with Gasteiger partial charge in [0.15, 0.2) is 0 Å². The van der Waals surface area contributed by atoms with Crippen LogP contribution in [-0.4, -0.2) is 36.1 Å². The number of carboxylic acid groups (broad SMARTS) is 1. The molecule has 3 N–H and O–H groups in total. The van der Waals surface area contributed by atoms with Gasteiger partial charge in [0, 0.05) is 5.56 Å². The Hall–Kier alpha value is -2.88. The zero-order chi connectivity index (χ0) is 22.1. The lowest BCUT2D eigenvalue weighted by molar-refractivity contribution is -0.134. The number of phenolic OH excluding ortho intramolecular Hbond substituents is 1. The summed E-state index contributed by atoms with van der Waals surface area (Å²) in [5.74, 6) is -3.28. The van der Waals surface area contributed by atoms with E-state index in [1.807, 2.05) is 0 Å². The summed E-state index contributed by atoms with van der Waals surface area (Å²) < 4.78 is 40.7.